The molecule has 1 aromatic carbocycles. The molecule has 0 saturated carbocycles. The van der Waals surface area contributed by atoms with Crippen molar-refractivity contribution < 1.29 is 9.53 Å². The summed E-state index contributed by atoms with van der Waals surface area (Å²) in [5, 5.41) is 4.02. The molecule has 0 aliphatic carbocycles. The molecule has 0 bridgehead atoms. The van der Waals surface area contributed by atoms with Crippen LogP contribution >= 0.6 is 23.2 Å². The highest BCUT2D eigenvalue weighted by atomic mass is 35.5. The van der Waals surface area contributed by atoms with Gasteiger partial charge in [0.25, 0.3) is 5.91 Å². The molecular formula is C17H20Cl2N4O2. The molecule has 0 radical (unpaired) electrons. The predicted octanol–water partition coefficient (Wildman–Crippen LogP) is 2.67. The van der Waals surface area contributed by atoms with E-state index >= 15 is 0 Å². The molecule has 2 unspecified atom stereocenters. The van der Waals surface area contributed by atoms with E-state index in [0.29, 0.717) is 28.9 Å². The van der Waals surface area contributed by atoms with Crippen LogP contribution in [0, 0.1) is 0 Å². The first kappa shape index (κ1) is 18.0. The van der Waals surface area contributed by atoms with Crippen molar-refractivity contribution in [1.29, 1.82) is 0 Å². The molecule has 2 heterocycles. The van der Waals surface area contributed by atoms with E-state index in [4.69, 9.17) is 27.9 Å². The van der Waals surface area contributed by atoms with Crippen molar-refractivity contribution in [1.82, 2.24) is 19.8 Å². The Kier molecular flexibility index (Phi) is 5.51. The first-order chi connectivity index (χ1) is 12.0. The summed E-state index contributed by atoms with van der Waals surface area (Å²) in [5.74, 6) is 1.14. The molecule has 2 atom stereocenters. The monoisotopic (exact) mass is 382 g/mol. The van der Waals surface area contributed by atoms with E-state index in [1.54, 1.807) is 31.3 Å². The number of ether oxygens (including phenoxy) is 1. The molecule has 2 aromatic rings. The fourth-order valence-corrected chi connectivity index (χ4v) is 3.28. The van der Waals surface area contributed by atoms with E-state index in [2.05, 4.69) is 10.3 Å². The average Bonchev–Trinajstić information content (AvgIpc) is 3.04. The lowest BCUT2D eigenvalue weighted by atomic mass is 10.1. The normalized spacial score (nSPS) is 18.9. The number of carbonyl (C=O) groups is 1. The van der Waals surface area contributed by atoms with Crippen molar-refractivity contribution in [2.24, 2.45) is 7.05 Å². The van der Waals surface area contributed by atoms with Crippen molar-refractivity contribution in [3.05, 3.63) is 46.5 Å². The first-order valence-corrected chi connectivity index (χ1v) is 8.83. The second-order valence-electron chi connectivity index (χ2n) is 5.96. The summed E-state index contributed by atoms with van der Waals surface area (Å²) >= 11 is 12.2. The van der Waals surface area contributed by atoms with Crippen LogP contribution in [0.3, 0.4) is 0 Å². The van der Waals surface area contributed by atoms with E-state index in [1.165, 1.54) is 0 Å². The Morgan fingerprint density at radius 2 is 2.24 bits per heavy atom. The number of benzene rings is 1. The van der Waals surface area contributed by atoms with Gasteiger partial charge in [-0.25, -0.2) is 4.98 Å². The van der Waals surface area contributed by atoms with Gasteiger partial charge in [-0.15, -0.1) is 0 Å². The zero-order chi connectivity index (χ0) is 18.0. The minimum absolute atomic E-state index is 0.106. The fraction of sp³-hybridized carbons (Fsp3) is 0.412. The summed E-state index contributed by atoms with van der Waals surface area (Å²) in [6.07, 6.45) is 2.92. The quantitative estimate of drug-likeness (QED) is 0.882. The lowest BCUT2D eigenvalue weighted by Crippen LogP contribution is -2.52. The van der Waals surface area contributed by atoms with Crippen LogP contribution < -0.4 is 10.1 Å². The minimum atomic E-state index is -0.683. The standard InChI is InChI=1S/C17H20Cl2N4O2/c1-11(25-14-5-3-4-12(18)15(14)19)17(24)23-9-6-20-10-13(23)16-21-7-8-22(16)2/h3-5,7-8,11,13,20H,6,9-10H2,1-2H3. The highest BCUT2D eigenvalue weighted by Gasteiger charge is 2.33. The van der Waals surface area contributed by atoms with Gasteiger partial charge in [-0.3, -0.25) is 4.79 Å². The van der Waals surface area contributed by atoms with E-state index in [1.807, 2.05) is 22.7 Å². The van der Waals surface area contributed by atoms with Gasteiger partial charge in [-0.05, 0) is 19.1 Å². The predicted molar refractivity (Wildman–Crippen MR) is 97.1 cm³/mol. The Morgan fingerprint density at radius 3 is 2.96 bits per heavy atom. The summed E-state index contributed by atoms with van der Waals surface area (Å²) < 4.78 is 7.71. The number of carbonyl (C=O) groups excluding carboxylic acids is 1. The van der Waals surface area contributed by atoms with Gasteiger partial charge in [0.2, 0.25) is 0 Å². The number of nitrogens with one attached hydrogen (secondary N) is 1. The maximum Gasteiger partial charge on any atom is 0.264 e. The molecule has 6 nitrogen and oxygen atoms in total. The number of hydrogen-bond acceptors (Lipinski definition) is 4. The lowest BCUT2D eigenvalue weighted by molar-refractivity contribution is -0.141. The first-order valence-electron chi connectivity index (χ1n) is 8.08. The van der Waals surface area contributed by atoms with Gasteiger partial charge in [0, 0.05) is 39.1 Å². The zero-order valence-corrected chi connectivity index (χ0v) is 15.6. The molecule has 1 amide bonds. The van der Waals surface area contributed by atoms with Gasteiger partial charge in [-0.1, -0.05) is 29.3 Å². The third-order valence-corrected chi connectivity index (χ3v) is 5.05. The maximum atomic E-state index is 13.0. The molecule has 1 N–H and O–H groups in total. The number of amides is 1. The molecule has 3 rings (SSSR count). The van der Waals surface area contributed by atoms with E-state index in [9.17, 15) is 4.79 Å². The van der Waals surface area contributed by atoms with Gasteiger partial charge in [0.1, 0.15) is 22.6 Å². The molecule has 1 fully saturated rings. The zero-order valence-electron chi connectivity index (χ0n) is 14.1. The highest BCUT2D eigenvalue weighted by molar-refractivity contribution is 6.42. The summed E-state index contributed by atoms with van der Waals surface area (Å²) in [7, 11) is 1.92. The van der Waals surface area contributed by atoms with E-state index < -0.39 is 6.10 Å². The molecule has 25 heavy (non-hydrogen) atoms. The van der Waals surface area contributed by atoms with Crippen LogP contribution in [0.4, 0.5) is 0 Å². The van der Waals surface area contributed by atoms with Crippen molar-refractivity contribution in [2.45, 2.75) is 19.1 Å². The number of piperazine rings is 1. The molecule has 8 heteroatoms. The van der Waals surface area contributed by atoms with Crippen LogP contribution in [0.2, 0.25) is 10.0 Å². The van der Waals surface area contributed by atoms with Gasteiger partial charge in [-0.2, -0.15) is 0 Å². The van der Waals surface area contributed by atoms with Gasteiger partial charge < -0.3 is 19.5 Å². The summed E-state index contributed by atoms with van der Waals surface area (Å²) in [6.45, 7) is 3.70. The third kappa shape index (κ3) is 3.76. The third-order valence-electron chi connectivity index (χ3n) is 4.25. The fourth-order valence-electron chi connectivity index (χ4n) is 2.95. The Labute approximate surface area is 156 Å². The molecule has 1 saturated heterocycles. The molecular weight excluding hydrogens is 363 g/mol. The molecule has 1 aromatic heterocycles. The van der Waals surface area contributed by atoms with E-state index in [0.717, 1.165) is 12.4 Å². The topological polar surface area (TPSA) is 59.4 Å². The highest BCUT2D eigenvalue weighted by Crippen LogP contribution is 2.32. The van der Waals surface area contributed by atoms with Crippen LogP contribution in [-0.4, -0.2) is 46.1 Å². The Morgan fingerprint density at radius 1 is 1.44 bits per heavy atom. The number of rotatable bonds is 4. The lowest BCUT2D eigenvalue weighted by Gasteiger charge is -2.37. The molecule has 0 spiro atoms. The second-order valence-corrected chi connectivity index (χ2v) is 6.75. The average molecular weight is 383 g/mol. The maximum absolute atomic E-state index is 13.0. The number of hydrogen-bond donors (Lipinski definition) is 1. The van der Waals surface area contributed by atoms with Crippen LogP contribution in [-0.2, 0) is 11.8 Å². The smallest absolute Gasteiger partial charge is 0.264 e. The Bertz CT molecular complexity index is 765. The van der Waals surface area contributed by atoms with Crippen LogP contribution in [0.15, 0.2) is 30.6 Å². The number of nitrogens with zero attached hydrogens (tertiary/aromatic N) is 3. The molecule has 1 aliphatic heterocycles. The molecule has 1 aliphatic rings. The number of halogens is 2. The van der Waals surface area contributed by atoms with E-state index in [-0.39, 0.29) is 11.9 Å². The Balaban J connectivity index is 1.78. The summed E-state index contributed by atoms with van der Waals surface area (Å²) in [5.41, 5.74) is 0. The summed E-state index contributed by atoms with van der Waals surface area (Å²) in [6, 6.07) is 4.98. The van der Waals surface area contributed by atoms with Crippen LogP contribution in [0.25, 0.3) is 0 Å². The van der Waals surface area contributed by atoms with Gasteiger partial charge in [0.05, 0.1) is 5.02 Å². The van der Waals surface area contributed by atoms with Gasteiger partial charge >= 0.3 is 0 Å². The van der Waals surface area contributed by atoms with Crippen molar-refractivity contribution in [3.8, 4) is 5.75 Å². The van der Waals surface area contributed by atoms with Crippen molar-refractivity contribution >= 4 is 29.1 Å². The number of aryl methyl sites for hydroxylation is 1. The van der Waals surface area contributed by atoms with Crippen LogP contribution in [0.5, 0.6) is 5.75 Å². The second kappa shape index (κ2) is 7.64. The SMILES string of the molecule is CC(Oc1cccc(Cl)c1Cl)C(=O)N1CCNCC1c1nccn1C. The molecule has 134 valence electrons. The summed E-state index contributed by atoms with van der Waals surface area (Å²) in [4.78, 5) is 19.2. The minimum Gasteiger partial charge on any atom is -0.479 e. The van der Waals surface area contributed by atoms with Gasteiger partial charge in [0.15, 0.2) is 6.10 Å². The number of imidazole rings is 1. The van der Waals surface area contributed by atoms with Crippen LogP contribution in [0.1, 0.15) is 18.8 Å². The van der Waals surface area contributed by atoms with Crippen molar-refractivity contribution in [3.63, 3.8) is 0 Å². The largest absolute Gasteiger partial charge is 0.479 e. The van der Waals surface area contributed by atoms with Crippen molar-refractivity contribution in [2.75, 3.05) is 19.6 Å². The number of aromatic nitrogens is 2. The Hall–Kier alpha value is -1.76.